The summed E-state index contributed by atoms with van der Waals surface area (Å²) in [6.45, 7) is 11.5. The predicted molar refractivity (Wildman–Crippen MR) is 108 cm³/mol. The highest BCUT2D eigenvalue weighted by atomic mass is 32.2. The molecule has 1 saturated heterocycles. The van der Waals surface area contributed by atoms with Crippen molar-refractivity contribution in [3.8, 4) is 0 Å². The first-order valence-electron chi connectivity index (χ1n) is 9.40. The summed E-state index contributed by atoms with van der Waals surface area (Å²) in [4.78, 5) is 7.09. The van der Waals surface area contributed by atoms with Gasteiger partial charge in [0.05, 0.1) is 33.3 Å². The van der Waals surface area contributed by atoms with E-state index in [-0.39, 0.29) is 10.7 Å². The van der Waals surface area contributed by atoms with Crippen LogP contribution in [0.4, 0.5) is 0 Å². The lowest BCUT2D eigenvalue weighted by Crippen LogP contribution is -2.52. The lowest BCUT2D eigenvalue weighted by molar-refractivity contribution is 0.0614. The number of likely N-dealkylation sites (tertiary alicyclic amines) is 1. The van der Waals surface area contributed by atoms with Crippen molar-refractivity contribution < 1.29 is 13.5 Å². The van der Waals surface area contributed by atoms with Gasteiger partial charge < -0.3 is 14.6 Å². The Balaban J connectivity index is 2.06. The molecule has 2 aromatic rings. The maximum Gasteiger partial charge on any atom is 0.183 e. The highest BCUT2D eigenvalue weighted by Gasteiger charge is 2.36. The predicted octanol–water partition coefficient (Wildman–Crippen LogP) is 2.48. The molecule has 0 bridgehead atoms. The Morgan fingerprint density at radius 1 is 1.19 bits per heavy atom. The Morgan fingerprint density at radius 2 is 1.81 bits per heavy atom. The number of aliphatic hydroxyl groups is 1. The summed E-state index contributed by atoms with van der Waals surface area (Å²) in [5.41, 5.74) is 0.680. The number of hydrogen-bond donors (Lipinski definition) is 1. The van der Waals surface area contributed by atoms with Crippen LogP contribution in [0.2, 0.25) is 0 Å². The van der Waals surface area contributed by atoms with Crippen LogP contribution in [0.3, 0.4) is 0 Å². The maximum absolute atomic E-state index is 12.9. The Hall–Kier alpha value is -1.44. The fourth-order valence-electron chi connectivity index (χ4n) is 3.54. The smallest absolute Gasteiger partial charge is 0.183 e. The molecule has 0 saturated carbocycles. The third-order valence-electron chi connectivity index (χ3n) is 4.83. The lowest BCUT2D eigenvalue weighted by atomic mass is 9.92. The third-order valence-corrected chi connectivity index (χ3v) is 6.92. The molecule has 150 valence electrons. The largest absolute Gasteiger partial charge is 0.389 e. The van der Waals surface area contributed by atoms with Gasteiger partial charge in [0, 0.05) is 19.5 Å². The number of imidazole rings is 1. The number of rotatable bonds is 5. The molecule has 3 rings (SSSR count). The van der Waals surface area contributed by atoms with E-state index in [4.69, 9.17) is 4.98 Å². The topological polar surface area (TPSA) is 75.4 Å². The summed E-state index contributed by atoms with van der Waals surface area (Å²) in [5.74, 6) is 0.873. The Labute approximate surface area is 162 Å². The molecular weight excluding hydrogens is 362 g/mol. The number of sulfone groups is 1. The number of aromatic nitrogens is 2. The molecule has 0 aliphatic carbocycles. The minimum atomic E-state index is -3.34. The Kier molecular flexibility index (Phi) is 4.94. The zero-order valence-corrected chi connectivity index (χ0v) is 18.0. The van der Waals surface area contributed by atoms with E-state index >= 15 is 0 Å². The first-order chi connectivity index (χ1) is 12.3. The third kappa shape index (κ3) is 4.36. The van der Waals surface area contributed by atoms with Gasteiger partial charge in [-0.3, -0.25) is 0 Å². The van der Waals surface area contributed by atoms with Gasteiger partial charge in [-0.2, -0.15) is 0 Å². The summed E-state index contributed by atoms with van der Waals surface area (Å²) in [7, 11) is -1.42. The Bertz CT molecular complexity index is 943. The average Bonchev–Trinajstić information content (AvgIpc) is 2.77. The molecule has 1 aromatic carbocycles. The summed E-state index contributed by atoms with van der Waals surface area (Å²) in [5, 5.41) is 10.0. The summed E-state index contributed by atoms with van der Waals surface area (Å²) in [6.07, 6.45) is 0.743. The average molecular weight is 394 g/mol. The molecule has 1 aliphatic rings. The van der Waals surface area contributed by atoms with Gasteiger partial charge in [-0.25, -0.2) is 13.4 Å². The first kappa shape index (κ1) is 20.3. The second-order valence-electron chi connectivity index (χ2n) is 9.70. The van der Waals surface area contributed by atoms with Crippen molar-refractivity contribution in [2.24, 2.45) is 5.41 Å². The van der Waals surface area contributed by atoms with Crippen LogP contribution in [0, 0.1) is 5.41 Å². The molecular formula is C20H31N3O3S. The molecule has 0 radical (unpaired) electrons. The van der Waals surface area contributed by atoms with E-state index in [1.807, 2.05) is 22.6 Å². The monoisotopic (exact) mass is 393 g/mol. The van der Waals surface area contributed by atoms with Gasteiger partial charge in [-0.15, -0.1) is 0 Å². The highest BCUT2D eigenvalue weighted by molar-refractivity contribution is 7.92. The van der Waals surface area contributed by atoms with Gasteiger partial charge in [0.25, 0.3) is 0 Å². The van der Waals surface area contributed by atoms with Crippen molar-refractivity contribution in [2.75, 3.05) is 20.1 Å². The molecule has 6 nitrogen and oxygen atoms in total. The molecule has 0 spiro atoms. The first-order valence-corrected chi connectivity index (χ1v) is 10.9. The van der Waals surface area contributed by atoms with Crippen LogP contribution in [-0.4, -0.2) is 59.0 Å². The van der Waals surface area contributed by atoms with Crippen molar-refractivity contribution in [3.63, 3.8) is 0 Å². The minimum absolute atomic E-state index is 0.0319. The van der Waals surface area contributed by atoms with Crippen LogP contribution in [0.15, 0.2) is 23.1 Å². The summed E-state index contributed by atoms with van der Waals surface area (Å²) in [6, 6.07) is 5.20. The second-order valence-corrected chi connectivity index (χ2v) is 11.9. The molecule has 27 heavy (non-hydrogen) atoms. The van der Waals surface area contributed by atoms with E-state index in [0.717, 1.165) is 17.8 Å². The molecule has 0 amide bonds. The molecule has 1 N–H and O–H groups in total. The Morgan fingerprint density at radius 3 is 2.33 bits per heavy atom. The van der Waals surface area contributed by atoms with E-state index < -0.39 is 15.4 Å². The van der Waals surface area contributed by atoms with E-state index in [1.165, 1.54) is 0 Å². The zero-order valence-electron chi connectivity index (χ0n) is 17.2. The number of benzene rings is 1. The summed E-state index contributed by atoms with van der Waals surface area (Å²) < 4.78 is 27.7. The molecule has 2 heterocycles. The molecule has 7 heteroatoms. The van der Waals surface area contributed by atoms with Gasteiger partial charge in [0.1, 0.15) is 5.82 Å². The van der Waals surface area contributed by atoms with Crippen LogP contribution in [-0.2, 0) is 22.8 Å². The molecule has 0 atom stereocenters. The number of hydrogen-bond acceptors (Lipinski definition) is 5. The van der Waals surface area contributed by atoms with Crippen LogP contribution in [0.25, 0.3) is 11.0 Å². The van der Waals surface area contributed by atoms with E-state index in [9.17, 15) is 13.5 Å². The SMILES string of the molecule is CN1CC(S(=O)(=O)c2ccc3c(c2)nc(CC(C)(C)C)n3CC(C)(C)O)C1. The van der Waals surface area contributed by atoms with Gasteiger partial charge in [-0.05, 0) is 44.5 Å². The lowest BCUT2D eigenvalue weighted by Gasteiger charge is -2.35. The van der Waals surface area contributed by atoms with Crippen molar-refractivity contribution in [2.45, 2.75) is 63.3 Å². The summed E-state index contributed by atoms with van der Waals surface area (Å²) >= 11 is 0. The van der Waals surface area contributed by atoms with Crippen LogP contribution >= 0.6 is 0 Å². The molecule has 1 fully saturated rings. The van der Waals surface area contributed by atoms with E-state index in [1.54, 1.807) is 26.0 Å². The van der Waals surface area contributed by atoms with Gasteiger partial charge in [0.15, 0.2) is 9.84 Å². The van der Waals surface area contributed by atoms with E-state index in [0.29, 0.717) is 30.0 Å². The number of nitrogens with zero attached hydrogens (tertiary/aromatic N) is 3. The van der Waals surface area contributed by atoms with Crippen molar-refractivity contribution in [1.82, 2.24) is 14.5 Å². The van der Waals surface area contributed by atoms with Crippen LogP contribution in [0.1, 0.15) is 40.4 Å². The van der Waals surface area contributed by atoms with Crippen molar-refractivity contribution >= 4 is 20.9 Å². The highest BCUT2D eigenvalue weighted by Crippen LogP contribution is 2.29. The van der Waals surface area contributed by atoms with Crippen molar-refractivity contribution in [3.05, 3.63) is 24.0 Å². The van der Waals surface area contributed by atoms with Crippen molar-refractivity contribution in [1.29, 1.82) is 0 Å². The van der Waals surface area contributed by atoms with Gasteiger partial charge in [-0.1, -0.05) is 20.8 Å². The fraction of sp³-hybridized carbons (Fsp3) is 0.650. The quantitative estimate of drug-likeness (QED) is 0.845. The van der Waals surface area contributed by atoms with Gasteiger partial charge >= 0.3 is 0 Å². The van der Waals surface area contributed by atoms with Gasteiger partial charge in [0.2, 0.25) is 0 Å². The molecule has 0 unspecified atom stereocenters. The number of fused-ring (bicyclic) bond motifs is 1. The standard InChI is InChI=1S/C20H31N3O3S/c1-19(2,3)10-18-21-16-9-14(27(25,26)15-11-22(6)12-15)7-8-17(16)23(18)13-20(4,5)24/h7-9,15,24H,10-13H2,1-6H3. The normalized spacial score (nSPS) is 17.4. The molecule has 1 aliphatic heterocycles. The minimum Gasteiger partial charge on any atom is -0.389 e. The fourth-order valence-corrected chi connectivity index (χ4v) is 5.36. The zero-order chi connectivity index (χ0) is 20.2. The maximum atomic E-state index is 12.9. The molecule has 1 aromatic heterocycles. The van der Waals surface area contributed by atoms with Crippen LogP contribution in [0.5, 0.6) is 0 Å². The second kappa shape index (κ2) is 6.57. The van der Waals surface area contributed by atoms with Crippen LogP contribution < -0.4 is 0 Å². The van der Waals surface area contributed by atoms with E-state index in [2.05, 4.69) is 20.8 Å².